The lowest BCUT2D eigenvalue weighted by Gasteiger charge is -2.19. The van der Waals surface area contributed by atoms with Crippen LogP contribution in [0, 0.1) is 6.92 Å². The van der Waals surface area contributed by atoms with E-state index in [1.54, 1.807) is 25.3 Å². The smallest absolute Gasteiger partial charge is 0.225 e. The Morgan fingerprint density at radius 1 is 1.33 bits per heavy atom. The maximum absolute atomic E-state index is 12.1. The van der Waals surface area contributed by atoms with Gasteiger partial charge in [0.15, 0.2) is 5.76 Å². The molecule has 2 aromatic heterocycles. The summed E-state index contributed by atoms with van der Waals surface area (Å²) >= 11 is 0. The van der Waals surface area contributed by atoms with Crippen LogP contribution in [0.2, 0.25) is 0 Å². The minimum absolute atomic E-state index is 0.0124. The molecule has 24 heavy (non-hydrogen) atoms. The number of hydrogen-bond donors (Lipinski definition) is 0. The number of methoxy groups -OCH3 is 1. The van der Waals surface area contributed by atoms with Crippen LogP contribution in [0.3, 0.4) is 0 Å². The standard InChI is InChI=1S/C16H23N5O3/c1-11-8-14(24-19-11)12-9-17-16(20(2)3)18-13(12)10-21(4)15(22)6-7-23-5/h8-9H,6-7,10H2,1-5H3. The van der Waals surface area contributed by atoms with Crippen molar-refractivity contribution in [3.63, 3.8) is 0 Å². The van der Waals surface area contributed by atoms with Crippen molar-refractivity contribution in [2.24, 2.45) is 0 Å². The molecule has 0 atom stereocenters. The van der Waals surface area contributed by atoms with E-state index >= 15 is 0 Å². The first kappa shape index (κ1) is 17.9. The zero-order valence-corrected chi connectivity index (χ0v) is 14.7. The highest BCUT2D eigenvalue weighted by Gasteiger charge is 2.18. The summed E-state index contributed by atoms with van der Waals surface area (Å²) in [6.07, 6.45) is 2.03. The second-order valence-electron chi connectivity index (χ2n) is 5.75. The average Bonchev–Trinajstić information content (AvgIpc) is 2.98. The molecular formula is C16H23N5O3. The Morgan fingerprint density at radius 3 is 2.67 bits per heavy atom. The van der Waals surface area contributed by atoms with E-state index in [2.05, 4.69) is 15.1 Å². The van der Waals surface area contributed by atoms with E-state index in [0.717, 1.165) is 11.3 Å². The van der Waals surface area contributed by atoms with E-state index in [0.29, 0.717) is 37.0 Å². The molecule has 2 heterocycles. The van der Waals surface area contributed by atoms with Crippen LogP contribution in [0.15, 0.2) is 16.8 Å². The summed E-state index contributed by atoms with van der Waals surface area (Å²) in [5.74, 6) is 1.15. The number of rotatable bonds is 7. The largest absolute Gasteiger partial charge is 0.384 e. The summed E-state index contributed by atoms with van der Waals surface area (Å²) in [6, 6.07) is 1.82. The highest BCUT2D eigenvalue weighted by Crippen LogP contribution is 2.25. The normalized spacial score (nSPS) is 10.7. The monoisotopic (exact) mass is 333 g/mol. The van der Waals surface area contributed by atoms with Gasteiger partial charge in [-0.05, 0) is 6.92 Å². The van der Waals surface area contributed by atoms with Gasteiger partial charge in [-0.2, -0.15) is 0 Å². The fourth-order valence-corrected chi connectivity index (χ4v) is 2.13. The number of carbonyl (C=O) groups excluding carboxylic acids is 1. The molecule has 0 spiro atoms. The average molecular weight is 333 g/mol. The molecule has 0 saturated heterocycles. The van der Waals surface area contributed by atoms with Crippen molar-refractivity contribution in [2.75, 3.05) is 39.8 Å². The zero-order chi connectivity index (χ0) is 17.7. The lowest BCUT2D eigenvalue weighted by Crippen LogP contribution is -2.28. The van der Waals surface area contributed by atoms with E-state index in [9.17, 15) is 4.79 Å². The highest BCUT2D eigenvalue weighted by molar-refractivity contribution is 5.76. The van der Waals surface area contributed by atoms with Gasteiger partial charge in [-0.3, -0.25) is 4.79 Å². The van der Waals surface area contributed by atoms with Gasteiger partial charge in [-0.1, -0.05) is 5.16 Å². The first-order valence-corrected chi connectivity index (χ1v) is 7.62. The van der Waals surface area contributed by atoms with Gasteiger partial charge in [0, 0.05) is 40.5 Å². The maximum Gasteiger partial charge on any atom is 0.225 e. The van der Waals surface area contributed by atoms with E-state index in [1.807, 2.05) is 32.0 Å². The molecule has 1 amide bonds. The van der Waals surface area contributed by atoms with Crippen LogP contribution in [0.25, 0.3) is 11.3 Å². The van der Waals surface area contributed by atoms with Gasteiger partial charge in [-0.25, -0.2) is 9.97 Å². The Labute approximate surface area is 141 Å². The van der Waals surface area contributed by atoms with Crippen LogP contribution in [-0.4, -0.2) is 60.8 Å². The third-order valence-electron chi connectivity index (χ3n) is 3.48. The SMILES string of the molecule is COCCC(=O)N(C)Cc1nc(N(C)C)ncc1-c1cc(C)no1. The van der Waals surface area contributed by atoms with Gasteiger partial charge in [0.2, 0.25) is 11.9 Å². The van der Waals surface area contributed by atoms with Gasteiger partial charge in [-0.15, -0.1) is 0 Å². The number of nitrogens with zero attached hydrogens (tertiary/aromatic N) is 5. The Bertz CT molecular complexity index is 699. The predicted octanol–water partition coefficient (Wildman–Crippen LogP) is 1.50. The molecule has 0 bridgehead atoms. The van der Waals surface area contributed by atoms with Gasteiger partial charge in [0.05, 0.1) is 36.5 Å². The molecule has 2 aromatic rings. The second-order valence-corrected chi connectivity index (χ2v) is 5.75. The lowest BCUT2D eigenvalue weighted by atomic mass is 10.1. The summed E-state index contributed by atoms with van der Waals surface area (Å²) < 4.78 is 10.3. The van der Waals surface area contributed by atoms with E-state index < -0.39 is 0 Å². The predicted molar refractivity (Wildman–Crippen MR) is 89.6 cm³/mol. The van der Waals surface area contributed by atoms with E-state index in [1.165, 1.54) is 0 Å². The Hall–Kier alpha value is -2.48. The van der Waals surface area contributed by atoms with Crippen molar-refractivity contribution < 1.29 is 14.1 Å². The molecule has 130 valence electrons. The first-order valence-electron chi connectivity index (χ1n) is 7.62. The number of carbonyl (C=O) groups is 1. The third-order valence-corrected chi connectivity index (χ3v) is 3.48. The summed E-state index contributed by atoms with van der Waals surface area (Å²) in [5.41, 5.74) is 2.21. The fourth-order valence-electron chi connectivity index (χ4n) is 2.13. The van der Waals surface area contributed by atoms with Crippen LogP contribution in [0.5, 0.6) is 0 Å². The number of hydrogen-bond acceptors (Lipinski definition) is 7. The number of aryl methyl sites for hydroxylation is 1. The molecule has 0 radical (unpaired) electrons. The lowest BCUT2D eigenvalue weighted by molar-refractivity contribution is -0.131. The second kappa shape index (κ2) is 7.87. The van der Waals surface area contributed by atoms with Crippen molar-refractivity contribution in [1.82, 2.24) is 20.0 Å². The van der Waals surface area contributed by atoms with Crippen molar-refractivity contribution in [3.05, 3.63) is 23.7 Å². The van der Waals surface area contributed by atoms with Gasteiger partial charge in [0.1, 0.15) is 0 Å². The topological polar surface area (TPSA) is 84.6 Å². The van der Waals surface area contributed by atoms with Gasteiger partial charge in [0.25, 0.3) is 0 Å². The van der Waals surface area contributed by atoms with E-state index in [4.69, 9.17) is 9.26 Å². The molecule has 0 aliphatic heterocycles. The summed E-state index contributed by atoms with van der Waals surface area (Å²) in [5, 5.41) is 3.91. The summed E-state index contributed by atoms with van der Waals surface area (Å²) in [6.45, 7) is 2.59. The van der Waals surface area contributed by atoms with Gasteiger partial charge >= 0.3 is 0 Å². The van der Waals surface area contributed by atoms with Crippen molar-refractivity contribution in [1.29, 1.82) is 0 Å². The van der Waals surface area contributed by atoms with Crippen molar-refractivity contribution >= 4 is 11.9 Å². The van der Waals surface area contributed by atoms with Gasteiger partial charge < -0.3 is 19.1 Å². The summed E-state index contributed by atoms with van der Waals surface area (Å²) in [7, 11) is 7.05. The summed E-state index contributed by atoms with van der Waals surface area (Å²) in [4.78, 5) is 24.5. The molecule has 0 unspecified atom stereocenters. The molecule has 0 saturated carbocycles. The number of anilines is 1. The van der Waals surface area contributed by atoms with Crippen molar-refractivity contribution in [2.45, 2.75) is 19.9 Å². The molecular weight excluding hydrogens is 310 g/mol. The fraction of sp³-hybridized carbons (Fsp3) is 0.500. The van der Waals surface area contributed by atoms with Crippen LogP contribution >= 0.6 is 0 Å². The Balaban J connectivity index is 2.31. The first-order chi connectivity index (χ1) is 11.4. The highest BCUT2D eigenvalue weighted by atomic mass is 16.5. The Morgan fingerprint density at radius 2 is 2.08 bits per heavy atom. The molecule has 0 aliphatic carbocycles. The van der Waals surface area contributed by atoms with Crippen molar-refractivity contribution in [3.8, 4) is 11.3 Å². The Kier molecular flexibility index (Phi) is 5.86. The van der Waals surface area contributed by atoms with Crippen LogP contribution in [0.4, 0.5) is 5.95 Å². The van der Waals surface area contributed by atoms with Crippen LogP contribution < -0.4 is 4.90 Å². The van der Waals surface area contributed by atoms with E-state index in [-0.39, 0.29) is 5.91 Å². The molecule has 8 nitrogen and oxygen atoms in total. The number of aromatic nitrogens is 3. The third kappa shape index (κ3) is 4.29. The minimum atomic E-state index is -0.0124. The van der Waals surface area contributed by atoms with Crippen LogP contribution in [0.1, 0.15) is 17.8 Å². The molecule has 0 aliphatic rings. The number of amides is 1. The zero-order valence-electron chi connectivity index (χ0n) is 14.7. The maximum atomic E-state index is 12.1. The molecule has 0 fully saturated rings. The minimum Gasteiger partial charge on any atom is -0.384 e. The molecule has 2 rings (SSSR count). The molecule has 0 N–H and O–H groups in total. The van der Waals surface area contributed by atoms with Crippen LogP contribution in [-0.2, 0) is 16.1 Å². The molecule has 8 heteroatoms. The molecule has 0 aromatic carbocycles. The quantitative estimate of drug-likeness (QED) is 0.759. The number of ether oxygens (including phenoxy) is 1.